The van der Waals surface area contributed by atoms with E-state index in [2.05, 4.69) is 0 Å². The van der Waals surface area contributed by atoms with Gasteiger partial charge in [-0.25, -0.2) is 8.42 Å². The Morgan fingerprint density at radius 2 is 1.93 bits per heavy atom. The van der Waals surface area contributed by atoms with Crippen molar-refractivity contribution in [3.8, 4) is 0 Å². The number of hydrogen-bond donors (Lipinski definition) is 1. The van der Waals surface area contributed by atoms with Crippen LogP contribution in [0.3, 0.4) is 0 Å². The largest absolute Gasteiger partial charge is 1.00 e. The number of anilines is 1. The molecule has 1 rings (SSSR count). The molecule has 1 aromatic carbocycles. The predicted octanol–water partition coefficient (Wildman–Crippen LogP) is -1.86. The van der Waals surface area contributed by atoms with E-state index in [1.54, 1.807) is 0 Å². The Kier molecular flexibility index (Phi) is 4.90. The summed E-state index contributed by atoms with van der Waals surface area (Å²) in [6.07, 6.45) is 0. The molecule has 0 heterocycles. The summed E-state index contributed by atoms with van der Waals surface area (Å²) in [4.78, 5) is -0.325. The maximum Gasteiger partial charge on any atom is 1.00 e. The number of hydrogen-bond acceptors (Lipinski definition) is 4. The van der Waals surface area contributed by atoms with Crippen LogP contribution in [0.4, 0.5) is 5.69 Å². The van der Waals surface area contributed by atoms with E-state index < -0.39 is 10.1 Å². The van der Waals surface area contributed by atoms with Crippen LogP contribution in [0, 0.1) is 6.92 Å². The molecule has 72 valence electrons. The van der Waals surface area contributed by atoms with Gasteiger partial charge in [0, 0.05) is 0 Å². The third-order valence-electron chi connectivity index (χ3n) is 1.68. The first-order chi connectivity index (χ1) is 5.84. The van der Waals surface area contributed by atoms with Crippen LogP contribution in [0.25, 0.3) is 0 Å². The van der Waals surface area contributed by atoms with E-state index in [0.717, 1.165) is 6.07 Å². The van der Waals surface area contributed by atoms with Crippen LogP contribution in [-0.4, -0.2) is 13.0 Å². The summed E-state index contributed by atoms with van der Waals surface area (Å²) in [6, 6.07) is 2.44. The van der Waals surface area contributed by atoms with Gasteiger partial charge in [0.05, 0.1) is 15.6 Å². The van der Waals surface area contributed by atoms with Gasteiger partial charge in [0.2, 0.25) is 0 Å². The molecule has 0 unspecified atom stereocenters. The molecule has 0 radical (unpaired) electrons. The summed E-state index contributed by atoms with van der Waals surface area (Å²) in [5, 5.41) is 0.241. The second-order valence-corrected chi connectivity index (χ2v) is 4.29. The molecule has 0 aliphatic carbocycles. The zero-order valence-electron chi connectivity index (χ0n) is 7.74. The molecule has 7 heteroatoms. The third-order valence-corrected chi connectivity index (χ3v) is 2.99. The normalized spacial score (nSPS) is 10.8. The van der Waals surface area contributed by atoms with Crippen LogP contribution in [0.2, 0.25) is 5.02 Å². The van der Waals surface area contributed by atoms with Crippen molar-refractivity contribution in [2.24, 2.45) is 0 Å². The van der Waals surface area contributed by atoms with Crippen molar-refractivity contribution >= 4 is 27.4 Å². The van der Waals surface area contributed by atoms with Crippen molar-refractivity contribution in [1.29, 1.82) is 0 Å². The van der Waals surface area contributed by atoms with E-state index in [4.69, 9.17) is 17.3 Å². The van der Waals surface area contributed by atoms with Crippen molar-refractivity contribution in [3.63, 3.8) is 0 Å². The summed E-state index contributed by atoms with van der Waals surface area (Å²) >= 11 is 5.61. The maximum absolute atomic E-state index is 10.7. The molecule has 0 fully saturated rings. The van der Waals surface area contributed by atoms with Gasteiger partial charge in [0.25, 0.3) is 0 Å². The van der Waals surface area contributed by atoms with Crippen LogP contribution < -0.4 is 35.3 Å². The molecule has 0 spiro atoms. The molecule has 0 saturated carbocycles. The van der Waals surface area contributed by atoms with Crippen molar-refractivity contribution in [1.82, 2.24) is 0 Å². The van der Waals surface area contributed by atoms with E-state index in [9.17, 15) is 13.0 Å². The Balaban J connectivity index is 0.00000169. The van der Waals surface area contributed by atoms with E-state index in [1.807, 2.05) is 0 Å². The standard InChI is InChI=1S/C7H8ClNO3S.Na/c1-4-6(13(10,11)12)3-2-5(8)7(4)9;/h2-3H,9H2,1H3,(H,10,11,12);/q;+1/p-1. The van der Waals surface area contributed by atoms with E-state index >= 15 is 0 Å². The summed E-state index contributed by atoms with van der Waals surface area (Å²) in [5.41, 5.74) is 5.76. The summed E-state index contributed by atoms with van der Waals surface area (Å²) in [6.45, 7) is 1.44. The second-order valence-electron chi connectivity index (χ2n) is 2.54. The summed E-state index contributed by atoms with van der Waals surface area (Å²) in [7, 11) is -4.46. The fourth-order valence-electron chi connectivity index (χ4n) is 0.946. The molecule has 0 saturated heterocycles. The van der Waals surface area contributed by atoms with Crippen molar-refractivity contribution in [2.45, 2.75) is 11.8 Å². The van der Waals surface area contributed by atoms with Gasteiger partial charge in [-0.3, -0.25) is 0 Å². The SMILES string of the molecule is Cc1c(S(=O)(=O)[O-])ccc(Cl)c1N.[Na+]. The van der Waals surface area contributed by atoms with Crippen LogP contribution in [0.5, 0.6) is 0 Å². The number of benzene rings is 1. The molecule has 1 aromatic rings. The van der Waals surface area contributed by atoms with Crippen LogP contribution in [0.15, 0.2) is 17.0 Å². The van der Waals surface area contributed by atoms with Gasteiger partial charge < -0.3 is 10.3 Å². The Labute approximate surface area is 109 Å². The molecule has 0 aromatic heterocycles. The first-order valence-corrected chi connectivity index (χ1v) is 5.13. The molecule has 0 atom stereocenters. The monoisotopic (exact) mass is 243 g/mol. The van der Waals surface area contributed by atoms with Gasteiger partial charge in [-0.15, -0.1) is 0 Å². The molecule has 0 aliphatic heterocycles. The van der Waals surface area contributed by atoms with Crippen molar-refractivity contribution < 1.29 is 42.5 Å². The topological polar surface area (TPSA) is 83.2 Å². The zero-order chi connectivity index (χ0) is 10.2. The minimum atomic E-state index is -4.46. The van der Waals surface area contributed by atoms with Crippen LogP contribution >= 0.6 is 11.6 Å². The molecule has 0 amide bonds. The first kappa shape index (κ1) is 14.2. The minimum absolute atomic E-state index is 0. The van der Waals surface area contributed by atoms with Gasteiger partial charge >= 0.3 is 29.6 Å². The Hall–Kier alpha value is 0.220. The second kappa shape index (κ2) is 4.83. The number of halogens is 1. The number of nitrogen functional groups attached to an aromatic ring is 1. The molecule has 0 aliphatic rings. The van der Waals surface area contributed by atoms with Gasteiger partial charge in [0.15, 0.2) is 0 Å². The Bertz CT molecular complexity index is 446. The first-order valence-electron chi connectivity index (χ1n) is 3.34. The minimum Gasteiger partial charge on any atom is -0.744 e. The Morgan fingerprint density at radius 3 is 2.36 bits per heavy atom. The number of nitrogens with two attached hydrogens (primary N) is 1. The molecule has 2 N–H and O–H groups in total. The fourth-order valence-corrected chi connectivity index (χ4v) is 1.87. The maximum atomic E-state index is 10.7. The van der Waals surface area contributed by atoms with Gasteiger partial charge in [0.1, 0.15) is 10.1 Å². The van der Waals surface area contributed by atoms with Crippen molar-refractivity contribution in [3.05, 3.63) is 22.7 Å². The molecular weight excluding hydrogens is 237 g/mol. The average Bonchev–Trinajstić information content (AvgIpc) is 1.98. The smallest absolute Gasteiger partial charge is 0.744 e. The molecule has 0 bridgehead atoms. The summed E-state index contributed by atoms with van der Waals surface area (Å²) < 4.78 is 32.0. The molecular formula is C7H7ClNNaO3S. The van der Waals surface area contributed by atoms with Gasteiger partial charge in [-0.2, -0.15) is 0 Å². The average molecular weight is 244 g/mol. The van der Waals surface area contributed by atoms with Crippen molar-refractivity contribution in [2.75, 3.05) is 5.73 Å². The van der Waals surface area contributed by atoms with E-state index in [0.29, 0.717) is 0 Å². The Morgan fingerprint density at radius 1 is 1.43 bits per heavy atom. The third kappa shape index (κ3) is 2.85. The molecule has 14 heavy (non-hydrogen) atoms. The number of rotatable bonds is 1. The summed E-state index contributed by atoms with van der Waals surface area (Å²) in [5.74, 6) is 0. The van der Waals surface area contributed by atoms with Gasteiger partial charge in [-0.1, -0.05) is 11.6 Å². The molecule has 4 nitrogen and oxygen atoms in total. The van der Waals surface area contributed by atoms with Gasteiger partial charge in [-0.05, 0) is 24.6 Å². The van der Waals surface area contributed by atoms with Crippen LogP contribution in [0.1, 0.15) is 5.56 Å². The zero-order valence-corrected chi connectivity index (χ0v) is 11.3. The van der Waals surface area contributed by atoms with E-state index in [-0.39, 0.29) is 50.7 Å². The van der Waals surface area contributed by atoms with E-state index in [1.165, 1.54) is 13.0 Å². The fraction of sp³-hybridized carbons (Fsp3) is 0.143. The predicted molar refractivity (Wildman–Crippen MR) is 48.6 cm³/mol. The quantitative estimate of drug-likeness (QED) is 0.356. The van der Waals surface area contributed by atoms with Crippen LogP contribution in [-0.2, 0) is 10.1 Å².